The molecule has 0 radical (unpaired) electrons. The predicted molar refractivity (Wildman–Crippen MR) is 62.2 cm³/mol. The van der Waals surface area contributed by atoms with Crippen LogP contribution in [0.3, 0.4) is 0 Å². The molecule has 2 unspecified atom stereocenters. The number of ether oxygens (including phenoxy) is 1. The van der Waals surface area contributed by atoms with Gasteiger partial charge in [0.05, 0.1) is 12.6 Å². The summed E-state index contributed by atoms with van der Waals surface area (Å²) in [6.07, 6.45) is 2.26. The number of hydrogen-bond acceptors (Lipinski definition) is 3. The van der Waals surface area contributed by atoms with E-state index in [0.29, 0.717) is 19.4 Å². The van der Waals surface area contributed by atoms with Gasteiger partial charge in [-0.15, -0.1) is 6.58 Å². The maximum atomic E-state index is 11.9. The first-order valence-corrected chi connectivity index (χ1v) is 5.62. The van der Waals surface area contributed by atoms with Crippen molar-refractivity contribution >= 4 is 6.09 Å². The number of amides is 1. The molecule has 1 fully saturated rings. The lowest BCUT2D eigenvalue weighted by Gasteiger charge is -2.27. The Labute approximate surface area is 96.9 Å². The first-order valence-electron chi connectivity index (χ1n) is 5.62. The van der Waals surface area contributed by atoms with E-state index in [1.807, 2.05) is 20.8 Å². The topological polar surface area (TPSA) is 49.8 Å². The minimum atomic E-state index is -0.497. The lowest BCUT2D eigenvalue weighted by atomic mass is 10.1. The van der Waals surface area contributed by atoms with E-state index in [1.54, 1.807) is 11.0 Å². The third-order valence-corrected chi connectivity index (χ3v) is 2.46. The Bertz CT molecular complexity index is 270. The van der Waals surface area contributed by atoms with Gasteiger partial charge in [0.1, 0.15) is 5.60 Å². The van der Waals surface area contributed by atoms with E-state index in [2.05, 4.69) is 6.58 Å². The molecule has 0 aromatic carbocycles. The summed E-state index contributed by atoms with van der Waals surface area (Å²) in [6.45, 7) is 9.51. The summed E-state index contributed by atoms with van der Waals surface area (Å²) in [6, 6.07) is 0.0161. The molecule has 0 spiro atoms. The van der Waals surface area contributed by atoms with Crippen LogP contribution in [0.5, 0.6) is 0 Å². The molecular weight excluding hydrogens is 206 g/mol. The smallest absolute Gasteiger partial charge is 0.410 e. The highest BCUT2D eigenvalue weighted by molar-refractivity contribution is 5.69. The van der Waals surface area contributed by atoms with Gasteiger partial charge in [-0.2, -0.15) is 0 Å². The van der Waals surface area contributed by atoms with Gasteiger partial charge in [-0.05, 0) is 33.6 Å². The van der Waals surface area contributed by atoms with E-state index in [0.717, 1.165) is 0 Å². The van der Waals surface area contributed by atoms with E-state index in [-0.39, 0.29) is 12.1 Å². The molecule has 1 N–H and O–H groups in total. The Hall–Kier alpha value is -1.03. The van der Waals surface area contributed by atoms with Crippen molar-refractivity contribution in [3.8, 4) is 0 Å². The summed E-state index contributed by atoms with van der Waals surface area (Å²) in [5, 5.41) is 9.56. The molecule has 92 valence electrons. The Morgan fingerprint density at radius 3 is 2.75 bits per heavy atom. The van der Waals surface area contributed by atoms with Gasteiger partial charge in [0.25, 0.3) is 0 Å². The molecular formula is C12H21NO3. The monoisotopic (exact) mass is 227 g/mol. The van der Waals surface area contributed by atoms with Crippen LogP contribution in [-0.4, -0.2) is 40.4 Å². The third kappa shape index (κ3) is 3.52. The van der Waals surface area contributed by atoms with Crippen LogP contribution in [0.1, 0.15) is 33.6 Å². The van der Waals surface area contributed by atoms with Crippen LogP contribution in [0.15, 0.2) is 12.7 Å². The van der Waals surface area contributed by atoms with Crippen molar-refractivity contribution in [2.45, 2.75) is 51.4 Å². The van der Waals surface area contributed by atoms with Crippen LogP contribution in [-0.2, 0) is 4.74 Å². The standard InChI is InChI=1S/C12H21NO3/c1-5-6-9-7-10(14)8-13(9)11(15)16-12(2,3)4/h5,9-10,14H,1,6-8H2,2-4H3. The quantitative estimate of drug-likeness (QED) is 0.733. The molecule has 1 aliphatic rings. The Balaban J connectivity index is 2.63. The summed E-state index contributed by atoms with van der Waals surface area (Å²) < 4.78 is 5.29. The van der Waals surface area contributed by atoms with Gasteiger partial charge in [-0.3, -0.25) is 0 Å². The summed E-state index contributed by atoms with van der Waals surface area (Å²) in [5.74, 6) is 0. The van der Waals surface area contributed by atoms with Crippen molar-refractivity contribution in [2.24, 2.45) is 0 Å². The molecule has 1 saturated heterocycles. The molecule has 1 amide bonds. The van der Waals surface area contributed by atoms with Gasteiger partial charge in [-0.25, -0.2) is 4.79 Å². The maximum Gasteiger partial charge on any atom is 0.410 e. The van der Waals surface area contributed by atoms with Gasteiger partial charge in [0, 0.05) is 6.04 Å². The highest BCUT2D eigenvalue weighted by atomic mass is 16.6. The second-order valence-corrected chi connectivity index (χ2v) is 5.20. The van der Waals surface area contributed by atoms with E-state index >= 15 is 0 Å². The van der Waals surface area contributed by atoms with Crippen molar-refractivity contribution in [3.63, 3.8) is 0 Å². The van der Waals surface area contributed by atoms with Crippen LogP contribution < -0.4 is 0 Å². The summed E-state index contributed by atoms with van der Waals surface area (Å²) >= 11 is 0. The summed E-state index contributed by atoms with van der Waals surface area (Å²) in [7, 11) is 0. The van der Waals surface area contributed by atoms with Crippen LogP contribution in [0.4, 0.5) is 4.79 Å². The molecule has 0 saturated carbocycles. The molecule has 16 heavy (non-hydrogen) atoms. The summed E-state index contributed by atoms with van der Waals surface area (Å²) in [5.41, 5.74) is -0.497. The molecule has 1 aliphatic heterocycles. The zero-order chi connectivity index (χ0) is 12.3. The minimum Gasteiger partial charge on any atom is -0.444 e. The van der Waals surface area contributed by atoms with Gasteiger partial charge in [0.2, 0.25) is 0 Å². The lowest BCUT2D eigenvalue weighted by molar-refractivity contribution is 0.0210. The first kappa shape index (κ1) is 13.0. The summed E-state index contributed by atoms with van der Waals surface area (Å²) in [4.78, 5) is 13.4. The SMILES string of the molecule is C=CCC1CC(O)CN1C(=O)OC(C)(C)C. The van der Waals surface area contributed by atoms with Gasteiger partial charge in [-0.1, -0.05) is 6.08 Å². The van der Waals surface area contributed by atoms with Gasteiger partial charge < -0.3 is 14.7 Å². The molecule has 0 aromatic heterocycles. The van der Waals surface area contributed by atoms with Crippen molar-refractivity contribution in [1.82, 2.24) is 4.90 Å². The fraction of sp³-hybridized carbons (Fsp3) is 0.750. The number of β-amino-alcohol motifs (C(OH)–C–C–N with tert-alkyl or cyclic N) is 1. The van der Waals surface area contributed by atoms with E-state index < -0.39 is 11.7 Å². The van der Waals surface area contributed by atoms with Crippen molar-refractivity contribution in [2.75, 3.05) is 6.54 Å². The number of rotatable bonds is 2. The molecule has 0 aliphatic carbocycles. The zero-order valence-corrected chi connectivity index (χ0v) is 10.3. The minimum absolute atomic E-state index is 0.0161. The van der Waals surface area contributed by atoms with Crippen molar-refractivity contribution < 1.29 is 14.6 Å². The van der Waals surface area contributed by atoms with Crippen LogP contribution >= 0.6 is 0 Å². The van der Waals surface area contributed by atoms with E-state index in [4.69, 9.17) is 4.74 Å². The predicted octanol–water partition coefficient (Wildman–Crippen LogP) is 1.93. The number of aliphatic hydroxyl groups is 1. The highest BCUT2D eigenvalue weighted by Crippen LogP contribution is 2.23. The fourth-order valence-electron chi connectivity index (χ4n) is 1.85. The molecule has 4 nitrogen and oxygen atoms in total. The Morgan fingerprint density at radius 1 is 1.62 bits per heavy atom. The van der Waals surface area contributed by atoms with Crippen molar-refractivity contribution in [3.05, 3.63) is 12.7 Å². The molecule has 1 rings (SSSR count). The fourth-order valence-corrected chi connectivity index (χ4v) is 1.85. The second-order valence-electron chi connectivity index (χ2n) is 5.20. The van der Waals surface area contributed by atoms with E-state index in [9.17, 15) is 9.90 Å². The van der Waals surface area contributed by atoms with Gasteiger partial charge in [0.15, 0.2) is 0 Å². The van der Waals surface area contributed by atoms with Crippen LogP contribution in [0, 0.1) is 0 Å². The Morgan fingerprint density at radius 2 is 2.25 bits per heavy atom. The van der Waals surface area contributed by atoms with Gasteiger partial charge >= 0.3 is 6.09 Å². The molecule has 1 heterocycles. The lowest BCUT2D eigenvalue weighted by Crippen LogP contribution is -2.40. The number of hydrogen-bond donors (Lipinski definition) is 1. The molecule has 0 bridgehead atoms. The zero-order valence-electron chi connectivity index (χ0n) is 10.3. The third-order valence-electron chi connectivity index (χ3n) is 2.46. The van der Waals surface area contributed by atoms with Crippen LogP contribution in [0.25, 0.3) is 0 Å². The number of nitrogens with zero attached hydrogens (tertiary/aromatic N) is 1. The molecule has 0 aromatic rings. The largest absolute Gasteiger partial charge is 0.444 e. The first-order chi connectivity index (χ1) is 7.33. The van der Waals surface area contributed by atoms with Crippen LogP contribution in [0.2, 0.25) is 0 Å². The normalized spacial score (nSPS) is 25.6. The maximum absolute atomic E-state index is 11.9. The number of aliphatic hydroxyl groups excluding tert-OH is 1. The molecule has 2 atom stereocenters. The number of carbonyl (C=O) groups excluding carboxylic acids is 1. The average Bonchev–Trinajstić information content (AvgIpc) is 2.44. The Kier molecular flexibility index (Phi) is 3.97. The number of carbonyl (C=O) groups is 1. The van der Waals surface area contributed by atoms with Crippen molar-refractivity contribution in [1.29, 1.82) is 0 Å². The molecule has 4 heteroatoms. The highest BCUT2D eigenvalue weighted by Gasteiger charge is 2.35. The number of likely N-dealkylation sites (tertiary alicyclic amines) is 1. The second kappa shape index (κ2) is 4.87. The average molecular weight is 227 g/mol. The van der Waals surface area contributed by atoms with E-state index in [1.165, 1.54) is 0 Å².